The molecule has 5 nitrogen and oxygen atoms in total. The number of hydrogen-bond donors (Lipinski definition) is 2. The molecule has 1 aromatic rings. The molecular weight excluding hydrogens is 244 g/mol. The molecule has 0 spiro atoms. The maximum absolute atomic E-state index is 11.7. The van der Waals surface area contributed by atoms with Gasteiger partial charge in [-0.25, -0.2) is 0 Å². The van der Waals surface area contributed by atoms with E-state index in [9.17, 15) is 4.79 Å². The lowest BCUT2D eigenvalue weighted by atomic mass is 10.2. The predicted octanol–water partition coefficient (Wildman–Crippen LogP) is 1.44. The Hall–Kier alpha value is -1.59. The molecule has 0 saturated heterocycles. The van der Waals surface area contributed by atoms with E-state index in [0.29, 0.717) is 37.6 Å². The highest BCUT2D eigenvalue weighted by Gasteiger charge is 2.03. The van der Waals surface area contributed by atoms with Gasteiger partial charge in [0.15, 0.2) is 0 Å². The number of nitrogens with one attached hydrogen (secondary N) is 1. The Morgan fingerprint density at radius 2 is 1.74 bits per heavy atom. The molecule has 3 N–H and O–H groups in total. The van der Waals surface area contributed by atoms with Crippen molar-refractivity contribution in [3.05, 3.63) is 29.8 Å². The van der Waals surface area contributed by atoms with Crippen molar-refractivity contribution in [1.82, 2.24) is 5.32 Å². The van der Waals surface area contributed by atoms with E-state index in [0.717, 1.165) is 13.0 Å². The predicted molar refractivity (Wildman–Crippen MR) is 75.1 cm³/mol. The summed E-state index contributed by atoms with van der Waals surface area (Å²) in [5.74, 6) is -0.120. The number of benzene rings is 1. The van der Waals surface area contributed by atoms with Crippen LogP contribution in [0, 0.1) is 0 Å². The molecule has 0 saturated carbocycles. The molecule has 0 atom stereocenters. The van der Waals surface area contributed by atoms with Gasteiger partial charge < -0.3 is 20.5 Å². The van der Waals surface area contributed by atoms with E-state index in [4.69, 9.17) is 15.2 Å². The number of nitrogen functional groups attached to an aromatic ring is 1. The lowest BCUT2D eigenvalue weighted by molar-refractivity contribution is 0.0485. The van der Waals surface area contributed by atoms with E-state index in [-0.39, 0.29) is 5.91 Å². The van der Waals surface area contributed by atoms with E-state index in [1.54, 1.807) is 24.3 Å². The lowest BCUT2D eigenvalue weighted by Gasteiger charge is -2.07. The normalized spacial score (nSPS) is 10.4. The maximum atomic E-state index is 11.7. The SMILES string of the molecule is CCCOCCOCCNC(=O)c1ccc(N)cc1. The number of hydrogen-bond acceptors (Lipinski definition) is 4. The Balaban J connectivity index is 2.06. The Morgan fingerprint density at radius 1 is 1.11 bits per heavy atom. The molecule has 0 unspecified atom stereocenters. The van der Waals surface area contributed by atoms with Gasteiger partial charge in [0.05, 0.1) is 19.8 Å². The molecule has 0 bridgehead atoms. The third-order valence-electron chi connectivity index (χ3n) is 2.43. The number of carbonyl (C=O) groups is 1. The first-order valence-corrected chi connectivity index (χ1v) is 6.53. The van der Waals surface area contributed by atoms with Crippen LogP contribution in [0.5, 0.6) is 0 Å². The minimum atomic E-state index is -0.120. The molecule has 0 aliphatic rings. The molecule has 5 heteroatoms. The third-order valence-corrected chi connectivity index (χ3v) is 2.43. The molecular formula is C14H22N2O3. The summed E-state index contributed by atoms with van der Waals surface area (Å²) in [6, 6.07) is 6.81. The smallest absolute Gasteiger partial charge is 0.251 e. The highest BCUT2D eigenvalue weighted by molar-refractivity contribution is 5.94. The second-order valence-corrected chi connectivity index (χ2v) is 4.10. The molecule has 0 aliphatic carbocycles. The number of rotatable bonds is 9. The van der Waals surface area contributed by atoms with Gasteiger partial charge in [-0.2, -0.15) is 0 Å². The van der Waals surface area contributed by atoms with Crippen molar-refractivity contribution < 1.29 is 14.3 Å². The second-order valence-electron chi connectivity index (χ2n) is 4.10. The first kappa shape index (κ1) is 15.5. The maximum Gasteiger partial charge on any atom is 0.251 e. The fraction of sp³-hybridized carbons (Fsp3) is 0.500. The summed E-state index contributed by atoms with van der Waals surface area (Å²) in [5.41, 5.74) is 6.80. The van der Waals surface area contributed by atoms with Gasteiger partial charge in [0.1, 0.15) is 0 Å². The van der Waals surface area contributed by atoms with E-state index < -0.39 is 0 Å². The van der Waals surface area contributed by atoms with Crippen molar-refractivity contribution in [3.8, 4) is 0 Å². The summed E-state index contributed by atoms with van der Waals surface area (Å²) < 4.78 is 10.6. The molecule has 19 heavy (non-hydrogen) atoms. The van der Waals surface area contributed by atoms with E-state index in [1.807, 2.05) is 0 Å². The van der Waals surface area contributed by atoms with Crippen LogP contribution in [0.25, 0.3) is 0 Å². The zero-order valence-corrected chi connectivity index (χ0v) is 11.4. The summed E-state index contributed by atoms with van der Waals surface area (Å²) in [6.07, 6.45) is 1.01. The van der Waals surface area contributed by atoms with Gasteiger partial charge in [-0.05, 0) is 30.7 Å². The Morgan fingerprint density at radius 3 is 2.37 bits per heavy atom. The van der Waals surface area contributed by atoms with Gasteiger partial charge in [-0.1, -0.05) is 6.92 Å². The molecule has 106 valence electrons. The van der Waals surface area contributed by atoms with Crippen molar-refractivity contribution in [2.45, 2.75) is 13.3 Å². The molecule has 1 rings (SSSR count). The summed E-state index contributed by atoms with van der Waals surface area (Å²) >= 11 is 0. The summed E-state index contributed by atoms with van der Waals surface area (Å²) in [4.78, 5) is 11.7. The average molecular weight is 266 g/mol. The van der Waals surface area contributed by atoms with Crippen LogP contribution in [0.4, 0.5) is 5.69 Å². The Kier molecular flexibility index (Phi) is 7.62. The fourth-order valence-corrected chi connectivity index (χ4v) is 1.44. The first-order chi connectivity index (χ1) is 9.24. The minimum Gasteiger partial charge on any atom is -0.399 e. The molecule has 0 heterocycles. The number of carbonyl (C=O) groups excluding carboxylic acids is 1. The second kappa shape index (κ2) is 9.35. The monoisotopic (exact) mass is 266 g/mol. The van der Waals surface area contributed by atoms with Crippen LogP contribution in [-0.4, -0.2) is 38.9 Å². The third kappa shape index (κ3) is 6.79. The molecule has 1 aromatic carbocycles. The van der Waals surface area contributed by atoms with Crippen LogP contribution in [0.1, 0.15) is 23.7 Å². The topological polar surface area (TPSA) is 73.6 Å². The van der Waals surface area contributed by atoms with Gasteiger partial charge in [0, 0.05) is 24.4 Å². The van der Waals surface area contributed by atoms with Crippen LogP contribution in [0.2, 0.25) is 0 Å². The van der Waals surface area contributed by atoms with Crippen molar-refractivity contribution >= 4 is 11.6 Å². The standard InChI is InChI=1S/C14H22N2O3/c1-2-8-18-10-11-19-9-7-16-14(17)12-3-5-13(15)6-4-12/h3-6H,2,7-11,15H2,1H3,(H,16,17). The van der Waals surface area contributed by atoms with E-state index in [1.165, 1.54) is 0 Å². The first-order valence-electron chi connectivity index (χ1n) is 6.53. The largest absolute Gasteiger partial charge is 0.399 e. The number of anilines is 1. The molecule has 0 radical (unpaired) electrons. The van der Waals surface area contributed by atoms with Gasteiger partial charge in [-0.15, -0.1) is 0 Å². The number of amides is 1. The minimum absolute atomic E-state index is 0.120. The molecule has 1 amide bonds. The molecule has 0 aromatic heterocycles. The lowest BCUT2D eigenvalue weighted by Crippen LogP contribution is -2.27. The van der Waals surface area contributed by atoms with Crippen LogP contribution in [0.3, 0.4) is 0 Å². The number of nitrogens with two attached hydrogens (primary N) is 1. The van der Waals surface area contributed by atoms with Crippen molar-refractivity contribution in [3.63, 3.8) is 0 Å². The summed E-state index contributed by atoms with van der Waals surface area (Å²) in [6.45, 7) is 4.94. The fourth-order valence-electron chi connectivity index (χ4n) is 1.44. The highest BCUT2D eigenvalue weighted by Crippen LogP contribution is 2.04. The Labute approximate surface area is 114 Å². The van der Waals surface area contributed by atoms with Crippen LogP contribution in [-0.2, 0) is 9.47 Å². The van der Waals surface area contributed by atoms with Gasteiger partial charge in [0.25, 0.3) is 5.91 Å². The van der Waals surface area contributed by atoms with Gasteiger partial charge in [-0.3, -0.25) is 4.79 Å². The van der Waals surface area contributed by atoms with E-state index >= 15 is 0 Å². The zero-order chi connectivity index (χ0) is 13.9. The van der Waals surface area contributed by atoms with Crippen molar-refractivity contribution in [1.29, 1.82) is 0 Å². The summed E-state index contributed by atoms with van der Waals surface area (Å²) in [7, 11) is 0. The van der Waals surface area contributed by atoms with Crippen LogP contribution >= 0.6 is 0 Å². The number of ether oxygens (including phenoxy) is 2. The molecule has 0 aliphatic heterocycles. The van der Waals surface area contributed by atoms with Crippen molar-refractivity contribution in [2.75, 3.05) is 38.7 Å². The Bertz CT molecular complexity index is 365. The van der Waals surface area contributed by atoms with Crippen LogP contribution in [0.15, 0.2) is 24.3 Å². The highest BCUT2D eigenvalue weighted by atomic mass is 16.5. The average Bonchev–Trinajstić information content (AvgIpc) is 2.42. The summed E-state index contributed by atoms with van der Waals surface area (Å²) in [5, 5.41) is 2.77. The van der Waals surface area contributed by atoms with E-state index in [2.05, 4.69) is 12.2 Å². The van der Waals surface area contributed by atoms with Crippen molar-refractivity contribution in [2.24, 2.45) is 0 Å². The van der Waals surface area contributed by atoms with Gasteiger partial charge >= 0.3 is 0 Å². The quantitative estimate of drug-likeness (QED) is 0.524. The van der Waals surface area contributed by atoms with Crippen LogP contribution < -0.4 is 11.1 Å². The molecule has 0 fully saturated rings. The van der Waals surface area contributed by atoms with Gasteiger partial charge in [0.2, 0.25) is 0 Å². The zero-order valence-electron chi connectivity index (χ0n) is 11.4.